The normalized spacial score (nSPS) is 20.7. The van der Waals surface area contributed by atoms with Crippen molar-refractivity contribution >= 4 is 29.1 Å². The van der Waals surface area contributed by atoms with Gasteiger partial charge in [0.1, 0.15) is 0 Å². The molecular weight excluding hydrogens is 442 g/mol. The van der Waals surface area contributed by atoms with Crippen LogP contribution < -0.4 is 5.73 Å². The lowest BCUT2D eigenvalue weighted by Crippen LogP contribution is -2.37. The second-order valence-corrected chi connectivity index (χ2v) is 9.79. The second-order valence-electron chi connectivity index (χ2n) is 8.29. The number of thioether (sulfide) groups is 1. The lowest BCUT2D eigenvalue weighted by Gasteiger charge is -2.29. The highest BCUT2D eigenvalue weighted by molar-refractivity contribution is 7.99. The maximum Gasteiger partial charge on any atom is 0.187 e. The van der Waals surface area contributed by atoms with Gasteiger partial charge in [0.05, 0.1) is 25.6 Å². The summed E-state index contributed by atoms with van der Waals surface area (Å²) in [6.07, 6.45) is 6.34. The first-order valence-corrected chi connectivity index (χ1v) is 12.4. The van der Waals surface area contributed by atoms with E-state index in [1.807, 2.05) is 36.8 Å². The molecule has 0 saturated carbocycles. The molecule has 2 N–H and O–H groups in total. The van der Waals surface area contributed by atoms with Crippen molar-refractivity contribution in [2.75, 3.05) is 18.1 Å². The molecular formula is C25H30ClN3O2S. The molecule has 1 saturated heterocycles. The number of nitrogens with zero attached hydrogens (tertiary/aromatic N) is 2. The van der Waals surface area contributed by atoms with Crippen LogP contribution in [0.2, 0.25) is 5.02 Å². The van der Waals surface area contributed by atoms with Crippen molar-refractivity contribution in [2.24, 2.45) is 0 Å². The van der Waals surface area contributed by atoms with Crippen LogP contribution in [0.25, 0.3) is 0 Å². The van der Waals surface area contributed by atoms with Gasteiger partial charge in [-0.05, 0) is 61.2 Å². The molecule has 4 rings (SSSR count). The van der Waals surface area contributed by atoms with Crippen molar-refractivity contribution in [2.45, 2.75) is 56.4 Å². The summed E-state index contributed by atoms with van der Waals surface area (Å²) in [5.74, 6) is 0.156. The summed E-state index contributed by atoms with van der Waals surface area (Å²) in [6.45, 7) is 5.44. The summed E-state index contributed by atoms with van der Waals surface area (Å²) in [7, 11) is 0. The summed E-state index contributed by atoms with van der Waals surface area (Å²) in [5, 5.41) is 0.748. The molecule has 32 heavy (non-hydrogen) atoms. The average molecular weight is 472 g/mol. The standard InChI is InChI=1S/C25H30ClN3O2S/c1-3-22-13-28-17-29(22)16-25(11-10-19-4-6-20(26)7-5-19)30-14-23(31-25)15-32-24-9-8-21(27)12-18(24)2/h4-9,12-13,17,23H,3,10-11,14-16,27H2,1-2H3/t23-,25+/m0/s1. The minimum Gasteiger partial charge on any atom is -0.399 e. The van der Waals surface area contributed by atoms with Crippen LogP contribution in [0, 0.1) is 6.92 Å². The van der Waals surface area contributed by atoms with E-state index in [-0.39, 0.29) is 6.10 Å². The molecule has 3 aromatic rings. The summed E-state index contributed by atoms with van der Waals surface area (Å²) >= 11 is 7.84. The van der Waals surface area contributed by atoms with E-state index in [4.69, 9.17) is 26.8 Å². The minimum absolute atomic E-state index is 0.0239. The van der Waals surface area contributed by atoms with E-state index in [0.29, 0.717) is 13.2 Å². The van der Waals surface area contributed by atoms with Crippen LogP contribution in [-0.2, 0) is 28.9 Å². The zero-order chi connectivity index (χ0) is 22.6. The molecule has 1 fully saturated rings. The first-order chi connectivity index (χ1) is 15.5. The zero-order valence-electron chi connectivity index (χ0n) is 18.6. The van der Waals surface area contributed by atoms with Gasteiger partial charge in [0, 0.05) is 39.7 Å². The van der Waals surface area contributed by atoms with Gasteiger partial charge in [-0.1, -0.05) is 30.7 Å². The van der Waals surface area contributed by atoms with Crippen LogP contribution in [-0.4, -0.2) is 33.8 Å². The van der Waals surface area contributed by atoms with Gasteiger partial charge >= 0.3 is 0 Å². The van der Waals surface area contributed by atoms with Gasteiger partial charge in [-0.2, -0.15) is 0 Å². The number of imidazole rings is 1. The molecule has 0 bridgehead atoms. The van der Waals surface area contributed by atoms with Crippen molar-refractivity contribution in [3.8, 4) is 0 Å². The minimum atomic E-state index is -0.675. The second kappa shape index (κ2) is 10.3. The van der Waals surface area contributed by atoms with Crippen molar-refractivity contribution < 1.29 is 9.47 Å². The van der Waals surface area contributed by atoms with E-state index in [1.165, 1.54) is 21.7 Å². The number of halogens is 1. The first-order valence-electron chi connectivity index (χ1n) is 11.0. The van der Waals surface area contributed by atoms with Crippen molar-refractivity contribution in [1.29, 1.82) is 0 Å². The molecule has 5 nitrogen and oxygen atoms in total. The smallest absolute Gasteiger partial charge is 0.187 e. The van der Waals surface area contributed by atoms with E-state index in [1.54, 1.807) is 11.8 Å². The molecule has 2 aromatic carbocycles. The molecule has 0 spiro atoms. The fraction of sp³-hybridized carbons (Fsp3) is 0.400. The Morgan fingerprint density at radius 2 is 2.06 bits per heavy atom. The van der Waals surface area contributed by atoms with Crippen molar-refractivity contribution in [3.05, 3.63) is 76.8 Å². The predicted molar refractivity (Wildman–Crippen MR) is 131 cm³/mol. The molecule has 1 aliphatic heterocycles. The Kier molecular flexibility index (Phi) is 7.46. The fourth-order valence-electron chi connectivity index (χ4n) is 4.04. The molecule has 0 unspecified atom stereocenters. The highest BCUT2D eigenvalue weighted by atomic mass is 35.5. The summed E-state index contributed by atoms with van der Waals surface area (Å²) in [5.41, 5.74) is 10.3. The highest BCUT2D eigenvalue weighted by Gasteiger charge is 2.42. The van der Waals surface area contributed by atoms with E-state index in [9.17, 15) is 0 Å². The molecule has 0 radical (unpaired) electrons. The summed E-state index contributed by atoms with van der Waals surface area (Å²) in [4.78, 5) is 5.56. The van der Waals surface area contributed by atoms with Gasteiger partial charge in [0.2, 0.25) is 0 Å². The number of benzene rings is 2. The van der Waals surface area contributed by atoms with E-state index in [0.717, 1.165) is 35.7 Å². The summed E-state index contributed by atoms with van der Waals surface area (Å²) in [6, 6.07) is 14.0. The van der Waals surface area contributed by atoms with Crippen LogP contribution in [0.15, 0.2) is 59.9 Å². The Balaban J connectivity index is 1.45. The van der Waals surface area contributed by atoms with Crippen molar-refractivity contribution in [3.63, 3.8) is 0 Å². The number of hydrogen-bond donors (Lipinski definition) is 1. The Bertz CT molecular complexity index is 1040. The number of aryl methyl sites for hydroxylation is 3. The van der Waals surface area contributed by atoms with Gasteiger partial charge in [0.15, 0.2) is 5.79 Å². The Hall–Kier alpha value is -1.99. The van der Waals surface area contributed by atoms with Crippen LogP contribution in [0.3, 0.4) is 0 Å². The molecule has 2 heterocycles. The predicted octanol–water partition coefficient (Wildman–Crippen LogP) is 5.53. The van der Waals surface area contributed by atoms with Gasteiger partial charge in [-0.15, -0.1) is 11.8 Å². The van der Waals surface area contributed by atoms with E-state index >= 15 is 0 Å². The number of nitrogen functional groups attached to an aromatic ring is 1. The maximum absolute atomic E-state index is 6.61. The number of nitrogens with two attached hydrogens (primary N) is 1. The quantitative estimate of drug-likeness (QED) is 0.328. The Labute approximate surface area is 199 Å². The Morgan fingerprint density at radius 3 is 2.81 bits per heavy atom. The largest absolute Gasteiger partial charge is 0.399 e. The number of anilines is 1. The third-order valence-corrected chi connectivity index (χ3v) is 7.38. The van der Waals surface area contributed by atoms with Gasteiger partial charge in [0.25, 0.3) is 0 Å². The third kappa shape index (κ3) is 5.67. The summed E-state index contributed by atoms with van der Waals surface area (Å²) < 4.78 is 15.1. The number of ether oxygens (including phenoxy) is 2. The molecule has 2 atom stereocenters. The van der Waals surface area contributed by atoms with Crippen molar-refractivity contribution in [1.82, 2.24) is 9.55 Å². The molecule has 170 valence electrons. The van der Waals surface area contributed by atoms with Crippen LogP contribution in [0.1, 0.15) is 30.2 Å². The highest BCUT2D eigenvalue weighted by Crippen LogP contribution is 2.34. The van der Waals surface area contributed by atoms with Gasteiger partial charge in [-0.3, -0.25) is 0 Å². The lowest BCUT2D eigenvalue weighted by atomic mass is 10.0. The van der Waals surface area contributed by atoms with Crippen LogP contribution in [0.4, 0.5) is 5.69 Å². The first kappa shape index (κ1) is 23.2. The monoisotopic (exact) mass is 471 g/mol. The number of aromatic nitrogens is 2. The fourth-order valence-corrected chi connectivity index (χ4v) is 5.15. The topological polar surface area (TPSA) is 62.3 Å². The van der Waals surface area contributed by atoms with Gasteiger partial charge in [-0.25, -0.2) is 4.98 Å². The Morgan fingerprint density at radius 1 is 1.25 bits per heavy atom. The van der Waals surface area contributed by atoms with Crippen LogP contribution in [0.5, 0.6) is 0 Å². The van der Waals surface area contributed by atoms with E-state index < -0.39 is 5.79 Å². The lowest BCUT2D eigenvalue weighted by molar-refractivity contribution is -0.180. The van der Waals surface area contributed by atoms with Gasteiger partial charge < -0.3 is 19.8 Å². The molecule has 7 heteroatoms. The zero-order valence-corrected chi connectivity index (χ0v) is 20.2. The number of rotatable bonds is 9. The molecule has 0 amide bonds. The van der Waals surface area contributed by atoms with E-state index in [2.05, 4.69) is 41.6 Å². The third-order valence-electron chi connectivity index (χ3n) is 5.82. The van der Waals surface area contributed by atoms with Crippen LogP contribution >= 0.6 is 23.4 Å². The number of hydrogen-bond acceptors (Lipinski definition) is 5. The molecule has 1 aliphatic rings. The SMILES string of the molecule is CCc1cncn1C[C@]1(CCc2ccc(Cl)cc2)OC[C@@H](CSc2ccc(N)cc2C)O1. The molecule has 0 aliphatic carbocycles. The maximum atomic E-state index is 6.61. The molecule has 1 aromatic heterocycles. The average Bonchev–Trinajstić information content (AvgIpc) is 3.40.